The molecule has 10 nitrogen and oxygen atoms in total. The number of carbonyl (C=O) groups excluding carboxylic acids is 1. The number of aromatic nitrogens is 2. The van der Waals surface area contributed by atoms with E-state index in [1.165, 1.54) is 0 Å². The Morgan fingerprint density at radius 1 is 1.13 bits per heavy atom. The number of carbonyl (C=O) groups is 1. The van der Waals surface area contributed by atoms with Gasteiger partial charge in [-0.05, 0) is 55.5 Å². The monoisotopic (exact) mass is 516 g/mol. The van der Waals surface area contributed by atoms with E-state index in [1.54, 1.807) is 41.4 Å². The fraction of sp³-hybridized carbons (Fsp3) is 0.357. The van der Waals surface area contributed by atoms with Crippen molar-refractivity contribution in [2.24, 2.45) is 12.8 Å². The molecule has 10 heteroatoms. The molecule has 1 fully saturated rings. The lowest BCUT2D eigenvalue weighted by Crippen LogP contribution is -2.42. The third-order valence-corrected chi connectivity index (χ3v) is 6.71. The second-order valence-electron chi connectivity index (χ2n) is 9.38. The Hall–Kier alpha value is -4.20. The first-order valence-corrected chi connectivity index (χ1v) is 12.7. The van der Waals surface area contributed by atoms with E-state index in [0.29, 0.717) is 53.5 Å². The van der Waals surface area contributed by atoms with Gasteiger partial charge in [-0.25, -0.2) is 10.5 Å². The number of hydrogen-bond donors (Lipinski definition) is 3. The van der Waals surface area contributed by atoms with Crippen LogP contribution in [-0.4, -0.2) is 46.4 Å². The summed E-state index contributed by atoms with van der Waals surface area (Å²) in [5, 5.41) is 17.8. The number of hydrogen-bond acceptors (Lipinski definition) is 8. The van der Waals surface area contributed by atoms with Crippen LogP contribution in [0.4, 0.5) is 5.95 Å². The minimum absolute atomic E-state index is 0.154. The summed E-state index contributed by atoms with van der Waals surface area (Å²) in [6, 6.07) is 16.6. The molecular weight excluding hydrogens is 484 g/mol. The van der Waals surface area contributed by atoms with Gasteiger partial charge in [0.25, 0.3) is 5.56 Å². The molecule has 0 saturated carbocycles. The van der Waals surface area contributed by atoms with Crippen molar-refractivity contribution in [2.75, 3.05) is 24.6 Å². The molecule has 1 aliphatic heterocycles. The zero-order valence-corrected chi connectivity index (χ0v) is 21.4. The van der Waals surface area contributed by atoms with Crippen LogP contribution in [0.3, 0.4) is 0 Å². The number of unbranched alkanes of at least 4 members (excludes halogenated alkanes) is 1. The van der Waals surface area contributed by atoms with E-state index < -0.39 is 5.91 Å². The third kappa shape index (κ3) is 6.19. The molecule has 4 N–H and O–H groups in total. The Kier molecular flexibility index (Phi) is 8.73. The van der Waals surface area contributed by atoms with Gasteiger partial charge in [0.1, 0.15) is 5.75 Å². The highest BCUT2D eigenvalue weighted by Crippen LogP contribution is 2.31. The van der Waals surface area contributed by atoms with Crippen molar-refractivity contribution < 1.29 is 14.7 Å². The molecule has 0 bridgehead atoms. The fourth-order valence-electron chi connectivity index (χ4n) is 4.50. The van der Waals surface area contributed by atoms with Gasteiger partial charge in [-0.2, -0.15) is 5.26 Å². The average molecular weight is 517 g/mol. The number of amides is 1. The summed E-state index contributed by atoms with van der Waals surface area (Å²) in [5.41, 5.74) is 10.5. The molecule has 38 heavy (non-hydrogen) atoms. The summed E-state index contributed by atoms with van der Waals surface area (Å²) in [4.78, 5) is 31.9. The molecule has 1 amide bonds. The van der Waals surface area contributed by atoms with Crippen LogP contribution in [0.15, 0.2) is 53.3 Å². The molecule has 198 valence electrons. The number of piperidine rings is 1. The molecule has 0 radical (unpaired) electrons. The van der Waals surface area contributed by atoms with Crippen LogP contribution in [0.5, 0.6) is 5.75 Å². The largest absolute Gasteiger partial charge is 0.494 e. The van der Waals surface area contributed by atoms with Crippen LogP contribution in [0.2, 0.25) is 0 Å². The lowest BCUT2D eigenvalue weighted by atomic mass is 9.99. The van der Waals surface area contributed by atoms with Crippen molar-refractivity contribution in [1.29, 1.82) is 5.26 Å². The van der Waals surface area contributed by atoms with Crippen LogP contribution in [-0.2, 0) is 11.8 Å². The highest BCUT2D eigenvalue weighted by Gasteiger charge is 2.24. The number of hydroxylamine groups is 1. The molecule has 1 aliphatic rings. The molecule has 1 saturated heterocycles. The van der Waals surface area contributed by atoms with Crippen molar-refractivity contribution in [3.05, 3.63) is 64.4 Å². The van der Waals surface area contributed by atoms with Crippen molar-refractivity contribution in [3.8, 4) is 34.2 Å². The van der Waals surface area contributed by atoms with Gasteiger partial charge < -0.3 is 15.4 Å². The molecule has 3 aromatic rings. The molecule has 4 rings (SSSR count). The van der Waals surface area contributed by atoms with Gasteiger partial charge in [-0.1, -0.05) is 24.3 Å². The number of nitrogens with one attached hydrogen (secondary N) is 1. The summed E-state index contributed by atoms with van der Waals surface area (Å²) in [6.45, 7) is 1.88. The average Bonchev–Trinajstić information content (AvgIpc) is 2.95. The SMILES string of the molecule is Cn1c(N2CCC(N)CC2)nc(-c2ccc(C#N)cc2)c(-c2ccc(OCCCCC(=O)NO)cc2)c1=O. The van der Waals surface area contributed by atoms with E-state index in [0.717, 1.165) is 31.5 Å². The summed E-state index contributed by atoms with van der Waals surface area (Å²) in [5.74, 6) is 0.823. The van der Waals surface area contributed by atoms with Crippen LogP contribution in [0.25, 0.3) is 22.4 Å². The topological polar surface area (TPSA) is 146 Å². The predicted molar refractivity (Wildman–Crippen MR) is 144 cm³/mol. The third-order valence-electron chi connectivity index (χ3n) is 6.71. The number of nitriles is 1. The zero-order valence-electron chi connectivity index (χ0n) is 21.4. The van der Waals surface area contributed by atoms with E-state index in [1.807, 2.05) is 24.3 Å². The van der Waals surface area contributed by atoms with Crippen molar-refractivity contribution in [3.63, 3.8) is 0 Å². The smallest absolute Gasteiger partial charge is 0.263 e. The Labute approximate surface area is 221 Å². The highest BCUT2D eigenvalue weighted by molar-refractivity contribution is 5.81. The Morgan fingerprint density at radius 2 is 1.79 bits per heavy atom. The van der Waals surface area contributed by atoms with Gasteiger partial charge in [-0.3, -0.25) is 19.4 Å². The van der Waals surface area contributed by atoms with E-state index in [-0.39, 0.29) is 18.0 Å². The normalized spacial score (nSPS) is 13.7. The first-order chi connectivity index (χ1) is 18.4. The molecule has 2 aromatic carbocycles. The molecule has 0 atom stereocenters. The highest BCUT2D eigenvalue weighted by atomic mass is 16.5. The van der Waals surface area contributed by atoms with Crippen LogP contribution in [0, 0.1) is 11.3 Å². The van der Waals surface area contributed by atoms with Crippen LogP contribution in [0.1, 0.15) is 37.7 Å². The van der Waals surface area contributed by atoms with Crippen LogP contribution >= 0.6 is 0 Å². The Morgan fingerprint density at radius 3 is 2.42 bits per heavy atom. The van der Waals surface area contributed by atoms with Gasteiger partial charge in [0, 0.05) is 38.2 Å². The molecule has 0 aliphatic carbocycles. The first-order valence-electron chi connectivity index (χ1n) is 12.7. The number of anilines is 1. The lowest BCUT2D eigenvalue weighted by Gasteiger charge is -2.32. The van der Waals surface area contributed by atoms with Gasteiger partial charge in [0.05, 0.1) is 29.5 Å². The Bertz CT molecular complexity index is 1350. The van der Waals surface area contributed by atoms with Crippen molar-refractivity contribution in [2.45, 2.75) is 38.1 Å². The lowest BCUT2D eigenvalue weighted by molar-refractivity contribution is -0.129. The summed E-state index contributed by atoms with van der Waals surface area (Å²) in [6.07, 6.45) is 3.15. The van der Waals surface area contributed by atoms with Crippen LogP contribution < -0.4 is 26.4 Å². The second kappa shape index (κ2) is 12.4. The number of benzene rings is 2. The molecule has 1 aromatic heterocycles. The summed E-state index contributed by atoms with van der Waals surface area (Å²) >= 11 is 0. The molecule has 2 heterocycles. The second-order valence-corrected chi connectivity index (χ2v) is 9.38. The molecular formula is C28H32N6O4. The summed E-state index contributed by atoms with van der Waals surface area (Å²) in [7, 11) is 1.74. The standard InChI is InChI=1S/C28H32N6O4/c1-33-27(36)25(20-9-11-23(12-10-20)38-17-3-2-4-24(35)32-37)26(21-7-5-19(18-29)6-8-21)31-28(33)34-15-13-22(30)14-16-34/h5-12,22,37H,2-4,13-17,30H2,1H3,(H,32,35). The number of nitrogens with zero attached hydrogens (tertiary/aromatic N) is 4. The maximum Gasteiger partial charge on any atom is 0.263 e. The first kappa shape index (κ1) is 26.9. The number of ether oxygens (including phenoxy) is 1. The zero-order chi connectivity index (χ0) is 27.1. The quantitative estimate of drug-likeness (QED) is 0.223. The van der Waals surface area contributed by atoms with E-state index in [2.05, 4.69) is 11.0 Å². The summed E-state index contributed by atoms with van der Waals surface area (Å²) < 4.78 is 7.36. The predicted octanol–water partition coefficient (Wildman–Crippen LogP) is 2.97. The fourth-order valence-corrected chi connectivity index (χ4v) is 4.50. The van der Waals surface area contributed by atoms with E-state index >= 15 is 0 Å². The van der Waals surface area contributed by atoms with Gasteiger partial charge >= 0.3 is 0 Å². The van der Waals surface area contributed by atoms with Gasteiger partial charge in [-0.15, -0.1) is 0 Å². The maximum atomic E-state index is 13.8. The van der Waals surface area contributed by atoms with E-state index in [9.17, 15) is 14.9 Å². The number of nitrogens with two attached hydrogens (primary N) is 1. The van der Waals surface area contributed by atoms with E-state index in [4.69, 9.17) is 20.7 Å². The van der Waals surface area contributed by atoms with Gasteiger partial charge in [0.2, 0.25) is 11.9 Å². The van der Waals surface area contributed by atoms with Crippen molar-refractivity contribution >= 4 is 11.9 Å². The Balaban J connectivity index is 1.64. The van der Waals surface area contributed by atoms with Gasteiger partial charge in [0.15, 0.2) is 0 Å². The molecule has 0 spiro atoms. The number of rotatable bonds is 9. The molecule has 0 unspecified atom stereocenters. The minimum Gasteiger partial charge on any atom is -0.494 e. The van der Waals surface area contributed by atoms with Crippen molar-refractivity contribution in [1.82, 2.24) is 15.0 Å². The minimum atomic E-state index is -0.419. The maximum absolute atomic E-state index is 13.8.